The number of amides is 1. The SMILES string of the molecule is CCc1c([N+](=O)[O-])c(NC=O)nn1C. The molecule has 0 aromatic carbocycles. The van der Waals surface area contributed by atoms with Crippen molar-refractivity contribution in [3.05, 3.63) is 15.8 Å². The summed E-state index contributed by atoms with van der Waals surface area (Å²) in [6, 6.07) is 0. The summed E-state index contributed by atoms with van der Waals surface area (Å²) in [6.45, 7) is 1.79. The van der Waals surface area contributed by atoms with Crippen molar-refractivity contribution in [1.82, 2.24) is 9.78 Å². The van der Waals surface area contributed by atoms with Crippen molar-refractivity contribution in [3.8, 4) is 0 Å². The van der Waals surface area contributed by atoms with E-state index >= 15 is 0 Å². The molecule has 1 aromatic rings. The number of aryl methyl sites for hydroxylation is 1. The number of nitrogens with zero attached hydrogens (tertiary/aromatic N) is 3. The molecule has 7 heteroatoms. The summed E-state index contributed by atoms with van der Waals surface area (Å²) >= 11 is 0. The van der Waals surface area contributed by atoms with Crippen LogP contribution in [0, 0.1) is 10.1 Å². The third-order valence-corrected chi connectivity index (χ3v) is 1.85. The van der Waals surface area contributed by atoms with Gasteiger partial charge in [-0.3, -0.25) is 19.6 Å². The van der Waals surface area contributed by atoms with Crippen LogP contribution >= 0.6 is 0 Å². The molecule has 0 spiro atoms. The minimum absolute atomic E-state index is 0.00986. The monoisotopic (exact) mass is 198 g/mol. The lowest BCUT2D eigenvalue weighted by atomic mass is 10.3. The quantitative estimate of drug-likeness (QED) is 0.432. The molecule has 0 atom stereocenters. The number of carbonyl (C=O) groups is 1. The summed E-state index contributed by atoms with van der Waals surface area (Å²) < 4.78 is 1.39. The highest BCUT2D eigenvalue weighted by atomic mass is 16.6. The average molecular weight is 198 g/mol. The van der Waals surface area contributed by atoms with E-state index in [4.69, 9.17) is 0 Å². The van der Waals surface area contributed by atoms with Gasteiger partial charge in [0.25, 0.3) is 0 Å². The number of hydrogen-bond acceptors (Lipinski definition) is 4. The fraction of sp³-hybridized carbons (Fsp3) is 0.429. The average Bonchev–Trinajstić information content (AvgIpc) is 2.42. The van der Waals surface area contributed by atoms with E-state index in [2.05, 4.69) is 10.4 Å². The molecule has 0 aliphatic heterocycles. The lowest BCUT2D eigenvalue weighted by Gasteiger charge is -1.94. The second kappa shape index (κ2) is 3.86. The molecule has 1 N–H and O–H groups in total. The fourth-order valence-electron chi connectivity index (χ4n) is 1.29. The van der Waals surface area contributed by atoms with Crippen LogP contribution in [0.25, 0.3) is 0 Å². The maximum Gasteiger partial charge on any atom is 0.334 e. The van der Waals surface area contributed by atoms with E-state index in [1.54, 1.807) is 14.0 Å². The predicted octanol–water partition coefficient (Wildman–Crippen LogP) is 0.459. The summed E-state index contributed by atoms with van der Waals surface area (Å²) in [5.74, 6) is -0.00986. The second-order valence-electron chi connectivity index (χ2n) is 2.64. The van der Waals surface area contributed by atoms with E-state index in [0.29, 0.717) is 18.5 Å². The van der Waals surface area contributed by atoms with Crippen LogP contribution in [0.15, 0.2) is 0 Å². The molecule has 76 valence electrons. The van der Waals surface area contributed by atoms with Gasteiger partial charge in [-0.1, -0.05) is 6.92 Å². The van der Waals surface area contributed by atoms with E-state index < -0.39 is 4.92 Å². The van der Waals surface area contributed by atoms with Crippen molar-refractivity contribution >= 4 is 17.9 Å². The van der Waals surface area contributed by atoms with E-state index in [1.807, 2.05) is 0 Å². The minimum atomic E-state index is -0.544. The Kier molecular flexibility index (Phi) is 2.80. The zero-order valence-electron chi connectivity index (χ0n) is 7.85. The number of hydrogen-bond donors (Lipinski definition) is 1. The van der Waals surface area contributed by atoms with Gasteiger partial charge in [0.1, 0.15) is 5.69 Å². The fourth-order valence-corrected chi connectivity index (χ4v) is 1.29. The Morgan fingerprint density at radius 1 is 1.71 bits per heavy atom. The Balaban J connectivity index is 3.29. The summed E-state index contributed by atoms with van der Waals surface area (Å²) in [6.07, 6.45) is 0.856. The molecule has 0 aliphatic carbocycles. The number of nitro groups is 1. The summed E-state index contributed by atoms with van der Waals surface area (Å²) in [4.78, 5) is 20.3. The van der Waals surface area contributed by atoms with E-state index in [-0.39, 0.29) is 11.5 Å². The summed E-state index contributed by atoms with van der Waals surface area (Å²) in [5, 5.41) is 16.7. The van der Waals surface area contributed by atoms with Crippen molar-refractivity contribution in [2.45, 2.75) is 13.3 Å². The Morgan fingerprint density at radius 3 is 2.79 bits per heavy atom. The zero-order valence-corrected chi connectivity index (χ0v) is 7.85. The molecule has 0 fully saturated rings. The van der Waals surface area contributed by atoms with Gasteiger partial charge in [-0.15, -0.1) is 5.10 Å². The molecule has 0 saturated heterocycles. The van der Waals surface area contributed by atoms with Gasteiger partial charge in [-0.05, 0) is 6.42 Å². The Labute approximate surface area is 79.9 Å². The van der Waals surface area contributed by atoms with Crippen LogP contribution in [0.5, 0.6) is 0 Å². The van der Waals surface area contributed by atoms with Gasteiger partial charge in [0.2, 0.25) is 12.2 Å². The lowest BCUT2D eigenvalue weighted by Crippen LogP contribution is -1.99. The molecule has 0 radical (unpaired) electrons. The molecular formula is C7H10N4O3. The third-order valence-electron chi connectivity index (χ3n) is 1.85. The van der Waals surface area contributed by atoms with E-state index in [1.165, 1.54) is 4.68 Å². The van der Waals surface area contributed by atoms with E-state index in [0.717, 1.165) is 0 Å². The highest BCUT2D eigenvalue weighted by Gasteiger charge is 2.24. The topological polar surface area (TPSA) is 90.1 Å². The third kappa shape index (κ3) is 1.56. The maximum absolute atomic E-state index is 10.7. The van der Waals surface area contributed by atoms with Crippen LogP contribution in [0.2, 0.25) is 0 Å². The lowest BCUT2D eigenvalue weighted by molar-refractivity contribution is -0.384. The molecule has 1 rings (SSSR count). The van der Waals surface area contributed by atoms with Crippen molar-refractivity contribution in [1.29, 1.82) is 0 Å². The van der Waals surface area contributed by atoms with Gasteiger partial charge in [0.15, 0.2) is 0 Å². The first-order valence-electron chi connectivity index (χ1n) is 4.02. The van der Waals surface area contributed by atoms with Crippen molar-refractivity contribution in [2.75, 3.05) is 5.32 Å². The molecule has 14 heavy (non-hydrogen) atoms. The van der Waals surface area contributed by atoms with Crippen LogP contribution in [0.3, 0.4) is 0 Å². The first-order valence-corrected chi connectivity index (χ1v) is 4.02. The maximum atomic E-state index is 10.7. The molecule has 0 aliphatic rings. The van der Waals surface area contributed by atoms with Crippen molar-refractivity contribution in [3.63, 3.8) is 0 Å². The number of aromatic nitrogens is 2. The highest BCUT2D eigenvalue weighted by Crippen LogP contribution is 2.27. The van der Waals surface area contributed by atoms with Crippen LogP contribution < -0.4 is 5.32 Å². The Morgan fingerprint density at radius 2 is 2.36 bits per heavy atom. The molecule has 0 unspecified atom stereocenters. The van der Waals surface area contributed by atoms with Crippen LogP contribution in [0.1, 0.15) is 12.6 Å². The van der Waals surface area contributed by atoms with Crippen LogP contribution in [0.4, 0.5) is 11.5 Å². The highest BCUT2D eigenvalue weighted by molar-refractivity contribution is 5.75. The zero-order chi connectivity index (χ0) is 10.7. The van der Waals surface area contributed by atoms with Gasteiger partial charge in [0, 0.05) is 7.05 Å². The first kappa shape index (κ1) is 10.2. The molecule has 0 bridgehead atoms. The van der Waals surface area contributed by atoms with Gasteiger partial charge in [0.05, 0.1) is 4.92 Å². The van der Waals surface area contributed by atoms with Gasteiger partial charge in [-0.2, -0.15) is 0 Å². The van der Waals surface area contributed by atoms with E-state index in [9.17, 15) is 14.9 Å². The summed E-state index contributed by atoms with van der Waals surface area (Å²) in [7, 11) is 1.60. The Hall–Kier alpha value is -1.92. The van der Waals surface area contributed by atoms with Crippen LogP contribution in [-0.4, -0.2) is 21.1 Å². The minimum Gasteiger partial charge on any atom is -0.306 e. The van der Waals surface area contributed by atoms with Crippen LogP contribution in [-0.2, 0) is 18.3 Å². The number of rotatable bonds is 4. The first-order chi connectivity index (χ1) is 6.61. The largest absolute Gasteiger partial charge is 0.334 e. The second-order valence-corrected chi connectivity index (χ2v) is 2.64. The number of carbonyl (C=O) groups excluding carboxylic acids is 1. The van der Waals surface area contributed by atoms with Crippen molar-refractivity contribution < 1.29 is 9.72 Å². The standard InChI is InChI=1S/C7H10N4O3/c1-3-5-6(11(13)14)7(8-4-12)9-10(5)2/h4H,3H2,1-2H3,(H,8,9,12). The molecule has 7 nitrogen and oxygen atoms in total. The smallest absolute Gasteiger partial charge is 0.306 e. The molecule has 0 saturated carbocycles. The van der Waals surface area contributed by atoms with Gasteiger partial charge >= 0.3 is 5.69 Å². The number of anilines is 1. The normalized spacial score (nSPS) is 9.86. The number of nitrogens with one attached hydrogen (secondary N) is 1. The van der Waals surface area contributed by atoms with Gasteiger partial charge < -0.3 is 5.32 Å². The summed E-state index contributed by atoms with van der Waals surface area (Å²) in [5.41, 5.74) is 0.349. The van der Waals surface area contributed by atoms with Gasteiger partial charge in [-0.25, -0.2) is 0 Å². The molecule has 1 amide bonds. The Bertz CT molecular complexity index is 371. The van der Waals surface area contributed by atoms with Crippen molar-refractivity contribution in [2.24, 2.45) is 7.05 Å². The predicted molar refractivity (Wildman–Crippen MR) is 48.9 cm³/mol. The molecule has 1 aromatic heterocycles. The molecular weight excluding hydrogens is 188 g/mol. The molecule has 1 heterocycles.